The van der Waals surface area contributed by atoms with E-state index in [1.54, 1.807) is 21.3 Å². The highest BCUT2D eigenvalue weighted by molar-refractivity contribution is 7.13. The zero-order valence-electron chi connectivity index (χ0n) is 25.9. The molecule has 1 aliphatic heterocycles. The van der Waals surface area contributed by atoms with Gasteiger partial charge >= 0.3 is 0 Å². The van der Waals surface area contributed by atoms with Crippen molar-refractivity contribution in [2.75, 3.05) is 47.6 Å². The summed E-state index contributed by atoms with van der Waals surface area (Å²) in [4.78, 5) is 7.94. The van der Waals surface area contributed by atoms with Gasteiger partial charge in [-0.15, -0.1) is 0 Å². The van der Waals surface area contributed by atoms with Crippen LogP contribution in [0.5, 0.6) is 22.4 Å². The lowest BCUT2D eigenvalue weighted by atomic mass is 9.77. The molecule has 1 aromatic heterocycles. The second kappa shape index (κ2) is 14.3. The van der Waals surface area contributed by atoms with Crippen molar-refractivity contribution in [2.45, 2.75) is 31.5 Å². The Kier molecular flexibility index (Phi) is 10.2. The van der Waals surface area contributed by atoms with Gasteiger partial charge in [-0.2, -0.15) is 0 Å². The summed E-state index contributed by atoms with van der Waals surface area (Å²) >= 11 is 1.51. The van der Waals surface area contributed by atoms with Gasteiger partial charge in [0.15, 0.2) is 0 Å². The predicted molar refractivity (Wildman–Crippen MR) is 176 cm³/mol. The lowest BCUT2D eigenvalue weighted by Crippen LogP contribution is -2.60. The van der Waals surface area contributed by atoms with E-state index >= 15 is 0 Å². The lowest BCUT2D eigenvalue weighted by Gasteiger charge is -2.51. The molecule has 44 heavy (non-hydrogen) atoms. The Bertz CT molecular complexity index is 1540. The van der Waals surface area contributed by atoms with E-state index in [0.717, 1.165) is 51.8 Å². The van der Waals surface area contributed by atoms with E-state index in [-0.39, 0.29) is 12.6 Å². The van der Waals surface area contributed by atoms with Gasteiger partial charge in [-0.25, -0.2) is 4.98 Å². The van der Waals surface area contributed by atoms with Crippen LogP contribution in [-0.2, 0) is 5.54 Å². The summed E-state index contributed by atoms with van der Waals surface area (Å²) < 4.78 is 22.3. The SMILES string of the molecule is COc1ccc(C2NCCN(CC(O)COc3ccccc3C=Cc3nc(OC)sc3C)C2(C)c2ccc(OC)cc2)cc1. The highest BCUT2D eigenvalue weighted by Crippen LogP contribution is 2.43. The van der Waals surface area contributed by atoms with E-state index in [0.29, 0.717) is 17.5 Å². The van der Waals surface area contributed by atoms with Crippen molar-refractivity contribution in [3.8, 4) is 22.4 Å². The average molecular weight is 616 g/mol. The van der Waals surface area contributed by atoms with Gasteiger partial charge in [0.25, 0.3) is 5.19 Å². The fourth-order valence-electron chi connectivity index (χ4n) is 5.79. The second-order valence-electron chi connectivity index (χ2n) is 10.9. The molecule has 8 nitrogen and oxygen atoms in total. The Balaban J connectivity index is 1.34. The first kappa shape index (κ1) is 31.5. The quantitative estimate of drug-likeness (QED) is 0.202. The third kappa shape index (κ3) is 6.92. The van der Waals surface area contributed by atoms with Crippen molar-refractivity contribution in [3.05, 3.63) is 100 Å². The van der Waals surface area contributed by atoms with Crippen molar-refractivity contribution in [1.82, 2.24) is 15.2 Å². The highest BCUT2D eigenvalue weighted by atomic mass is 32.1. The molecule has 1 fully saturated rings. The van der Waals surface area contributed by atoms with Crippen LogP contribution >= 0.6 is 11.3 Å². The number of nitrogens with zero attached hydrogens (tertiary/aromatic N) is 2. The van der Waals surface area contributed by atoms with Crippen LogP contribution in [0.15, 0.2) is 72.8 Å². The largest absolute Gasteiger partial charge is 0.497 e. The van der Waals surface area contributed by atoms with Crippen LogP contribution in [0.25, 0.3) is 12.2 Å². The zero-order chi connectivity index (χ0) is 31.1. The van der Waals surface area contributed by atoms with Gasteiger partial charge in [0.1, 0.15) is 30.0 Å². The normalized spacial score (nSPS) is 19.5. The molecular formula is C35H41N3O5S. The fourth-order valence-corrected chi connectivity index (χ4v) is 6.50. The van der Waals surface area contributed by atoms with Crippen LogP contribution in [0.1, 0.15) is 40.2 Å². The van der Waals surface area contributed by atoms with Gasteiger partial charge in [0, 0.05) is 30.1 Å². The van der Waals surface area contributed by atoms with E-state index < -0.39 is 11.6 Å². The van der Waals surface area contributed by atoms with Crippen LogP contribution < -0.4 is 24.3 Å². The van der Waals surface area contributed by atoms with E-state index in [2.05, 4.69) is 46.4 Å². The Morgan fingerprint density at radius 3 is 2.32 bits per heavy atom. The number of β-amino-alcohol motifs (C(OH)–C–C–N with tert-alkyl or cyclic N) is 1. The monoisotopic (exact) mass is 615 g/mol. The standard InChI is InChI=1S/C35H41N3O5S/c1-24-31(37-34(42-5)44-24)19-12-25-8-6-7-9-32(25)43-23-28(39)22-38-21-20-36-33(26-10-15-29(40-3)16-11-26)35(38,2)27-13-17-30(41-4)18-14-27/h6-19,28,33,36,39H,20-23H2,1-5H3. The number of nitrogens with one attached hydrogen (secondary N) is 1. The Morgan fingerprint density at radius 2 is 1.66 bits per heavy atom. The van der Waals surface area contributed by atoms with Crippen LogP contribution in [0, 0.1) is 6.92 Å². The van der Waals surface area contributed by atoms with Gasteiger partial charge in [0.05, 0.1) is 38.6 Å². The summed E-state index contributed by atoms with van der Waals surface area (Å²) in [7, 11) is 4.97. The first-order chi connectivity index (χ1) is 21.3. The van der Waals surface area contributed by atoms with E-state index in [4.69, 9.17) is 18.9 Å². The summed E-state index contributed by atoms with van der Waals surface area (Å²) in [6.07, 6.45) is 3.23. The molecule has 2 N–H and O–H groups in total. The number of aromatic nitrogens is 1. The molecule has 1 aliphatic rings. The summed E-state index contributed by atoms with van der Waals surface area (Å²) in [5, 5.41) is 15.7. The molecule has 0 spiro atoms. The van der Waals surface area contributed by atoms with Gasteiger partial charge in [-0.1, -0.05) is 53.8 Å². The minimum Gasteiger partial charge on any atom is -0.497 e. The zero-order valence-corrected chi connectivity index (χ0v) is 26.8. The molecule has 0 bridgehead atoms. The number of thiazole rings is 1. The molecule has 2 heterocycles. The van der Waals surface area contributed by atoms with Crippen molar-refractivity contribution < 1.29 is 24.1 Å². The average Bonchev–Trinajstić information content (AvgIpc) is 3.43. The second-order valence-corrected chi connectivity index (χ2v) is 12.1. The minimum atomic E-state index is -0.718. The first-order valence-corrected chi connectivity index (χ1v) is 15.5. The van der Waals surface area contributed by atoms with Gasteiger partial charge < -0.3 is 29.4 Å². The molecule has 4 aromatic rings. The lowest BCUT2D eigenvalue weighted by molar-refractivity contribution is -0.0178. The molecule has 0 radical (unpaired) electrons. The summed E-state index contributed by atoms with van der Waals surface area (Å²) in [5.74, 6) is 2.33. The van der Waals surface area contributed by atoms with Gasteiger partial charge in [-0.3, -0.25) is 4.90 Å². The van der Waals surface area contributed by atoms with Crippen LogP contribution in [0.3, 0.4) is 0 Å². The molecule has 0 amide bonds. The summed E-state index contributed by atoms with van der Waals surface area (Å²) in [6.45, 7) is 6.40. The Morgan fingerprint density at radius 1 is 0.977 bits per heavy atom. The van der Waals surface area contributed by atoms with Crippen LogP contribution in [0.2, 0.25) is 0 Å². The maximum absolute atomic E-state index is 11.4. The number of aliphatic hydroxyl groups excluding tert-OH is 1. The number of rotatable bonds is 12. The van der Waals surface area contributed by atoms with E-state index in [1.165, 1.54) is 11.3 Å². The maximum Gasteiger partial charge on any atom is 0.273 e. The molecule has 1 saturated heterocycles. The molecule has 3 unspecified atom stereocenters. The smallest absolute Gasteiger partial charge is 0.273 e. The summed E-state index contributed by atoms with van der Waals surface area (Å²) in [6, 6.07) is 24.2. The minimum absolute atomic E-state index is 0.0256. The Hall–Kier alpha value is -3.89. The van der Waals surface area contributed by atoms with Crippen molar-refractivity contribution in [3.63, 3.8) is 0 Å². The van der Waals surface area contributed by atoms with E-state index in [1.807, 2.05) is 67.6 Å². The third-order valence-corrected chi connectivity index (χ3v) is 9.21. The third-order valence-electron chi connectivity index (χ3n) is 8.26. The molecule has 0 aliphatic carbocycles. The number of hydrogen-bond donors (Lipinski definition) is 2. The number of para-hydroxylation sites is 1. The molecular weight excluding hydrogens is 574 g/mol. The first-order valence-electron chi connectivity index (χ1n) is 14.7. The number of methoxy groups -OCH3 is 3. The molecule has 232 valence electrons. The molecule has 3 aromatic carbocycles. The maximum atomic E-state index is 11.4. The number of aliphatic hydroxyl groups is 1. The molecule has 3 atom stereocenters. The highest BCUT2D eigenvalue weighted by Gasteiger charge is 2.45. The summed E-state index contributed by atoms with van der Waals surface area (Å²) in [5.41, 5.74) is 3.59. The van der Waals surface area contributed by atoms with Crippen LogP contribution in [-0.4, -0.2) is 68.7 Å². The van der Waals surface area contributed by atoms with Crippen molar-refractivity contribution in [1.29, 1.82) is 0 Å². The Labute approximate surface area is 263 Å². The molecule has 0 saturated carbocycles. The number of benzene rings is 3. The van der Waals surface area contributed by atoms with Crippen molar-refractivity contribution >= 4 is 23.5 Å². The molecule has 9 heteroatoms. The van der Waals surface area contributed by atoms with E-state index in [9.17, 15) is 5.11 Å². The van der Waals surface area contributed by atoms with Gasteiger partial charge in [-0.05, 0) is 67.5 Å². The number of hydrogen-bond acceptors (Lipinski definition) is 9. The number of aryl methyl sites for hydroxylation is 1. The molecule has 5 rings (SSSR count). The number of ether oxygens (including phenoxy) is 4. The fraction of sp³-hybridized carbons (Fsp3) is 0.343. The predicted octanol–water partition coefficient (Wildman–Crippen LogP) is 5.95. The number of piperazine rings is 1. The van der Waals surface area contributed by atoms with Gasteiger partial charge in [0.2, 0.25) is 0 Å². The van der Waals surface area contributed by atoms with Crippen molar-refractivity contribution in [2.24, 2.45) is 0 Å². The topological polar surface area (TPSA) is 85.3 Å². The van der Waals surface area contributed by atoms with Crippen LogP contribution in [0.4, 0.5) is 0 Å².